The van der Waals surface area contributed by atoms with Crippen LogP contribution >= 0.6 is 23.2 Å². The topological polar surface area (TPSA) is 43.8 Å². The molecule has 102 valence electrons. The molecule has 5 heteroatoms. The van der Waals surface area contributed by atoms with Crippen molar-refractivity contribution in [3.05, 3.63) is 40.0 Å². The van der Waals surface area contributed by atoms with Crippen LogP contribution in [0.5, 0.6) is 0 Å². The van der Waals surface area contributed by atoms with Gasteiger partial charge in [-0.15, -0.1) is 0 Å². The van der Waals surface area contributed by atoms with Crippen LogP contribution in [0.1, 0.15) is 26.5 Å². The van der Waals surface area contributed by atoms with Crippen LogP contribution in [0.25, 0.3) is 5.69 Å². The smallest absolute Gasteiger partial charge is 0.146 e. The lowest BCUT2D eigenvalue weighted by Crippen LogP contribution is -2.10. The van der Waals surface area contributed by atoms with Crippen LogP contribution in [0, 0.1) is 5.41 Å². The van der Waals surface area contributed by atoms with Crippen molar-refractivity contribution in [2.75, 3.05) is 5.73 Å². The van der Waals surface area contributed by atoms with Gasteiger partial charge in [-0.1, -0.05) is 44.0 Å². The van der Waals surface area contributed by atoms with Gasteiger partial charge in [-0.2, -0.15) is 5.10 Å². The van der Waals surface area contributed by atoms with E-state index in [2.05, 4.69) is 25.9 Å². The Bertz CT molecular complexity index is 580. The lowest BCUT2D eigenvalue weighted by atomic mass is 9.91. The molecule has 0 aliphatic carbocycles. The summed E-state index contributed by atoms with van der Waals surface area (Å²) in [5, 5.41) is 5.72. The van der Waals surface area contributed by atoms with Crippen molar-refractivity contribution in [2.24, 2.45) is 5.41 Å². The highest BCUT2D eigenvalue weighted by atomic mass is 35.5. The van der Waals surface area contributed by atoms with Gasteiger partial charge in [0.05, 0.1) is 11.4 Å². The molecule has 0 saturated carbocycles. The fourth-order valence-electron chi connectivity index (χ4n) is 1.85. The zero-order valence-electron chi connectivity index (χ0n) is 11.2. The Kier molecular flexibility index (Phi) is 3.79. The van der Waals surface area contributed by atoms with E-state index in [-0.39, 0.29) is 5.41 Å². The molecule has 0 saturated heterocycles. The quantitative estimate of drug-likeness (QED) is 0.895. The number of halogens is 2. The number of hydrogen-bond donors (Lipinski definition) is 1. The summed E-state index contributed by atoms with van der Waals surface area (Å²) in [5.74, 6) is 0.461. The minimum Gasteiger partial charge on any atom is -0.382 e. The van der Waals surface area contributed by atoms with Crippen molar-refractivity contribution < 1.29 is 0 Å². The number of benzene rings is 1. The Hall–Kier alpha value is -1.19. The zero-order chi connectivity index (χ0) is 14.2. The standard InChI is InChI=1S/C14H17Cl2N3/c1-14(2,3)8-11-12(16)13(17)19(18-11)10-6-4-9(15)5-7-10/h4-7H,8,17H2,1-3H3. The van der Waals surface area contributed by atoms with E-state index in [0.29, 0.717) is 15.9 Å². The highest BCUT2D eigenvalue weighted by molar-refractivity contribution is 6.33. The van der Waals surface area contributed by atoms with E-state index in [4.69, 9.17) is 28.9 Å². The molecule has 0 spiro atoms. The van der Waals surface area contributed by atoms with Crippen LogP contribution in [0.2, 0.25) is 10.0 Å². The lowest BCUT2D eigenvalue weighted by Gasteiger charge is -2.16. The molecule has 1 aromatic heterocycles. The molecule has 1 aromatic carbocycles. The molecule has 0 atom stereocenters. The highest BCUT2D eigenvalue weighted by Gasteiger charge is 2.20. The molecule has 2 N–H and O–H groups in total. The molecular weight excluding hydrogens is 281 g/mol. The number of nitrogens with zero attached hydrogens (tertiary/aromatic N) is 2. The molecular formula is C14H17Cl2N3. The second kappa shape index (κ2) is 5.06. The normalized spacial score (nSPS) is 11.8. The number of anilines is 1. The summed E-state index contributed by atoms with van der Waals surface area (Å²) in [6, 6.07) is 7.33. The summed E-state index contributed by atoms with van der Waals surface area (Å²) in [5.41, 5.74) is 7.81. The number of aromatic nitrogens is 2. The highest BCUT2D eigenvalue weighted by Crippen LogP contribution is 2.31. The van der Waals surface area contributed by atoms with Gasteiger partial charge in [-0.3, -0.25) is 0 Å². The molecule has 2 rings (SSSR count). The summed E-state index contributed by atoms with van der Waals surface area (Å²) < 4.78 is 1.65. The summed E-state index contributed by atoms with van der Waals surface area (Å²) in [6.07, 6.45) is 0.774. The fraction of sp³-hybridized carbons (Fsp3) is 0.357. The van der Waals surface area contributed by atoms with Crippen molar-refractivity contribution in [3.63, 3.8) is 0 Å². The van der Waals surface area contributed by atoms with E-state index in [9.17, 15) is 0 Å². The van der Waals surface area contributed by atoms with Gasteiger partial charge in [-0.25, -0.2) is 4.68 Å². The number of nitrogen functional groups attached to an aromatic ring is 1. The molecule has 3 nitrogen and oxygen atoms in total. The first kappa shape index (κ1) is 14.2. The molecule has 0 unspecified atom stereocenters. The molecule has 1 heterocycles. The van der Waals surface area contributed by atoms with Gasteiger partial charge in [-0.05, 0) is 36.1 Å². The van der Waals surface area contributed by atoms with Gasteiger partial charge >= 0.3 is 0 Å². The Balaban J connectivity index is 2.43. The predicted octanol–water partition coefficient (Wildman–Crippen LogP) is 4.35. The van der Waals surface area contributed by atoms with Gasteiger partial charge in [0, 0.05) is 5.02 Å². The lowest BCUT2D eigenvalue weighted by molar-refractivity contribution is 0.405. The van der Waals surface area contributed by atoms with Gasteiger partial charge < -0.3 is 5.73 Å². The monoisotopic (exact) mass is 297 g/mol. The van der Waals surface area contributed by atoms with E-state index in [1.54, 1.807) is 16.8 Å². The summed E-state index contributed by atoms with van der Waals surface area (Å²) in [6.45, 7) is 6.42. The summed E-state index contributed by atoms with van der Waals surface area (Å²) in [7, 11) is 0. The van der Waals surface area contributed by atoms with Crippen molar-refractivity contribution >= 4 is 29.0 Å². The van der Waals surface area contributed by atoms with E-state index in [0.717, 1.165) is 17.8 Å². The van der Waals surface area contributed by atoms with Crippen molar-refractivity contribution in [1.29, 1.82) is 0 Å². The SMILES string of the molecule is CC(C)(C)Cc1nn(-c2ccc(Cl)cc2)c(N)c1Cl. The molecule has 0 amide bonds. The maximum atomic E-state index is 6.27. The van der Waals surface area contributed by atoms with Crippen LogP contribution in [0.15, 0.2) is 24.3 Å². The molecule has 0 aliphatic rings. The number of nitrogens with two attached hydrogens (primary N) is 1. The van der Waals surface area contributed by atoms with Crippen LogP contribution in [-0.4, -0.2) is 9.78 Å². The minimum atomic E-state index is 0.106. The minimum absolute atomic E-state index is 0.106. The molecule has 2 aromatic rings. The maximum absolute atomic E-state index is 6.27. The van der Waals surface area contributed by atoms with E-state index in [1.165, 1.54) is 0 Å². The van der Waals surface area contributed by atoms with Gasteiger partial charge in [0.25, 0.3) is 0 Å². The van der Waals surface area contributed by atoms with Gasteiger partial charge in [0.2, 0.25) is 0 Å². The molecule has 0 aliphatic heterocycles. The first-order valence-electron chi connectivity index (χ1n) is 6.07. The second-order valence-electron chi connectivity index (χ2n) is 5.77. The first-order valence-corrected chi connectivity index (χ1v) is 6.82. The second-order valence-corrected chi connectivity index (χ2v) is 6.59. The van der Waals surface area contributed by atoms with Crippen molar-refractivity contribution in [2.45, 2.75) is 27.2 Å². The van der Waals surface area contributed by atoms with Crippen LogP contribution in [0.3, 0.4) is 0 Å². The maximum Gasteiger partial charge on any atom is 0.146 e. The average molecular weight is 298 g/mol. The molecule has 19 heavy (non-hydrogen) atoms. The van der Waals surface area contributed by atoms with Crippen LogP contribution in [0.4, 0.5) is 5.82 Å². The van der Waals surface area contributed by atoms with Crippen molar-refractivity contribution in [1.82, 2.24) is 9.78 Å². The average Bonchev–Trinajstić information content (AvgIpc) is 2.57. The molecule has 0 radical (unpaired) electrons. The van der Waals surface area contributed by atoms with Crippen LogP contribution < -0.4 is 5.73 Å². The Morgan fingerprint density at radius 2 is 1.74 bits per heavy atom. The summed E-state index contributed by atoms with van der Waals surface area (Å²) in [4.78, 5) is 0. The molecule has 0 fully saturated rings. The predicted molar refractivity (Wildman–Crippen MR) is 81.2 cm³/mol. The first-order chi connectivity index (χ1) is 8.78. The van der Waals surface area contributed by atoms with Crippen LogP contribution in [-0.2, 0) is 6.42 Å². The third kappa shape index (κ3) is 3.23. The summed E-state index contributed by atoms with van der Waals surface area (Å²) >= 11 is 12.1. The Morgan fingerprint density at radius 1 is 1.16 bits per heavy atom. The van der Waals surface area contributed by atoms with Crippen molar-refractivity contribution in [3.8, 4) is 5.69 Å². The van der Waals surface area contributed by atoms with Gasteiger partial charge in [0.1, 0.15) is 10.8 Å². The Morgan fingerprint density at radius 3 is 2.26 bits per heavy atom. The fourth-order valence-corrected chi connectivity index (χ4v) is 2.16. The van der Waals surface area contributed by atoms with Gasteiger partial charge in [0.15, 0.2) is 0 Å². The van der Waals surface area contributed by atoms with E-state index in [1.807, 2.05) is 12.1 Å². The number of rotatable bonds is 2. The van der Waals surface area contributed by atoms with E-state index >= 15 is 0 Å². The molecule has 0 bridgehead atoms. The third-order valence-corrected chi connectivity index (χ3v) is 3.36. The third-order valence-electron chi connectivity index (χ3n) is 2.70. The number of hydrogen-bond acceptors (Lipinski definition) is 2. The Labute approximate surface area is 123 Å². The van der Waals surface area contributed by atoms with E-state index < -0.39 is 0 Å². The largest absolute Gasteiger partial charge is 0.382 e. The zero-order valence-corrected chi connectivity index (χ0v) is 12.8.